The van der Waals surface area contributed by atoms with Crippen molar-refractivity contribution in [1.29, 1.82) is 0 Å². The fourth-order valence-electron chi connectivity index (χ4n) is 4.08. The molecule has 31 heavy (non-hydrogen) atoms. The number of carbonyl (C=O) groups is 1. The molecule has 2 aliphatic carbocycles. The van der Waals surface area contributed by atoms with Crippen molar-refractivity contribution in [3.8, 4) is 0 Å². The number of fused-ring (bicyclic) bond motifs is 1. The molecule has 0 saturated heterocycles. The highest BCUT2D eigenvalue weighted by molar-refractivity contribution is 7.70. The van der Waals surface area contributed by atoms with Crippen molar-refractivity contribution in [2.75, 3.05) is 24.0 Å². The zero-order chi connectivity index (χ0) is 21.8. The van der Waals surface area contributed by atoms with Crippen molar-refractivity contribution in [2.24, 2.45) is 5.92 Å². The number of hydrogen-bond acceptors (Lipinski definition) is 5. The zero-order valence-corrected chi connectivity index (χ0v) is 19.1. The fraction of sp³-hybridized carbons (Fsp3) is 0.435. The quantitative estimate of drug-likeness (QED) is 0.478. The molecule has 0 unspecified atom stereocenters. The van der Waals surface area contributed by atoms with E-state index in [1.54, 1.807) is 13.3 Å². The SMILES string of the molecule is Cc1nc2c(Nc3ccc(C4CCC4)cc3P(C)(C)=O)cc(NC(=O)C3CC3)nc2[nH]1. The molecule has 1 amide bonds. The van der Waals surface area contributed by atoms with Crippen LogP contribution >= 0.6 is 7.14 Å². The van der Waals surface area contributed by atoms with E-state index in [-0.39, 0.29) is 11.8 Å². The molecular formula is C23H28N5O2P. The van der Waals surface area contributed by atoms with Gasteiger partial charge in [-0.05, 0) is 69.6 Å². The summed E-state index contributed by atoms with van der Waals surface area (Å²) in [5, 5.41) is 7.22. The number of nitrogens with zero attached hydrogens (tertiary/aromatic N) is 2. The number of rotatable bonds is 6. The summed E-state index contributed by atoms with van der Waals surface area (Å²) >= 11 is 0. The average Bonchev–Trinajstić information content (AvgIpc) is 3.43. The molecular weight excluding hydrogens is 409 g/mol. The molecule has 1 aromatic carbocycles. The second kappa shape index (κ2) is 7.49. The first-order valence-corrected chi connectivity index (χ1v) is 13.5. The van der Waals surface area contributed by atoms with Gasteiger partial charge in [0.2, 0.25) is 5.91 Å². The van der Waals surface area contributed by atoms with Crippen LogP contribution in [-0.4, -0.2) is 34.2 Å². The van der Waals surface area contributed by atoms with Gasteiger partial charge in [0.15, 0.2) is 5.65 Å². The van der Waals surface area contributed by atoms with Crippen LogP contribution in [0.4, 0.5) is 17.2 Å². The zero-order valence-electron chi connectivity index (χ0n) is 18.2. The number of pyridine rings is 1. The number of nitrogens with one attached hydrogen (secondary N) is 3. The first-order chi connectivity index (χ1) is 14.8. The summed E-state index contributed by atoms with van der Waals surface area (Å²) in [6, 6.07) is 8.08. The number of amides is 1. The first kappa shape index (κ1) is 20.3. The molecule has 3 N–H and O–H groups in total. The van der Waals surface area contributed by atoms with Crippen LogP contribution in [0.1, 0.15) is 49.4 Å². The molecule has 8 heteroatoms. The summed E-state index contributed by atoms with van der Waals surface area (Å²) < 4.78 is 13.1. The third kappa shape index (κ3) is 4.11. The maximum absolute atomic E-state index is 13.1. The number of hydrogen-bond donors (Lipinski definition) is 3. The summed E-state index contributed by atoms with van der Waals surface area (Å²) in [7, 11) is -2.52. The Hall–Kier alpha value is -2.66. The van der Waals surface area contributed by atoms with Crippen molar-refractivity contribution in [1.82, 2.24) is 15.0 Å². The van der Waals surface area contributed by atoms with Gasteiger partial charge in [-0.1, -0.05) is 12.5 Å². The van der Waals surface area contributed by atoms with Crippen molar-refractivity contribution in [2.45, 2.75) is 44.9 Å². The lowest BCUT2D eigenvalue weighted by Gasteiger charge is -2.27. The van der Waals surface area contributed by atoms with E-state index in [9.17, 15) is 9.36 Å². The summed E-state index contributed by atoms with van der Waals surface area (Å²) in [6.45, 7) is 5.49. The lowest BCUT2D eigenvalue weighted by molar-refractivity contribution is -0.117. The van der Waals surface area contributed by atoms with Gasteiger partial charge in [0.05, 0.1) is 5.69 Å². The summed E-state index contributed by atoms with van der Waals surface area (Å²) in [4.78, 5) is 24.5. The van der Waals surface area contributed by atoms with Crippen molar-refractivity contribution >= 4 is 46.7 Å². The monoisotopic (exact) mass is 437 g/mol. The van der Waals surface area contributed by atoms with E-state index in [4.69, 9.17) is 0 Å². The number of imidazole rings is 1. The molecule has 2 aliphatic rings. The normalized spacial score (nSPS) is 16.9. The average molecular weight is 437 g/mol. The largest absolute Gasteiger partial charge is 0.353 e. The van der Waals surface area contributed by atoms with E-state index in [1.165, 1.54) is 24.8 Å². The van der Waals surface area contributed by atoms with Crippen molar-refractivity contribution in [3.05, 3.63) is 35.7 Å². The molecule has 0 bridgehead atoms. The Morgan fingerprint density at radius 3 is 2.52 bits per heavy atom. The minimum Gasteiger partial charge on any atom is -0.353 e. The number of benzene rings is 1. The second-order valence-electron chi connectivity index (χ2n) is 9.22. The van der Waals surface area contributed by atoms with E-state index in [1.807, 2.05) is 19.1 Å². The minimum absolute atomic E-state index is 0.00574. The van der Waals surface area contributed by atoms with Gasteiger partial charge in [-0.3, -0.25) is 4.79 Å². The van der Waals surface area contributed by atoms with Crippen LogP contribution in [0.25, 0.3) is 11.2 Å². The molecule has 3 aromatic rings. The number of aromatic amines is 1. The fourth-order valence-corrected chi connectivity index (χ4v) is 5.25. The molecule has 0 aliphatic heterocycles. The van der Waals surface area contributed by atoms with Crippen molar-refractivity contribution in [3.63, 3.8) is 0 Å². The van der Waals surface area contributed by atoms with Gasteiger partial charge < -0.3 is 20.2 Å². The molecule has 2 saturated carbocycles. The van der Waals surface area contributed by atoms with Gasteiger partial charge in [-0.2, -0.15) is 0 Å². The van der Waals surface area contributed by atoms with Gasteiger partial charge in [0, 0.05) is 23.0 Å². The maximum atomic E-state index is 13.1. The molecule has 0 atom stereocenters. The maximum Gasteiger partial charge on any atom is 0.228 e. The Bertz CT molecular complexity index is 1220. The molecule has 5 rings (SSSR count). The van der Waals surface area contributed by atoms with Crippen LogP contribution < -0.4 is 15.9 Å². The Balaban J connectivity index is 1.54. The van der Waals surface area contributed by atoms with E-state index >= 15 is 0 Å². The first-order valence-electron chi connectivity index (χ1n) is 10.9. The van der Waals surface area contributed by atoms with E-state index in [2.05, 4.69) is 37.7 Å². The number of anilines is 3. The van der Waals surface area contributed by atoms with Gasteiger partial charge in [0.25, 0.3) is 0 Å². The topological polar surface area (TPSA) is 99.8 Å². The van der Waals surface area contributed by atoms with Crippen LogP contribution in [-0.2, 0) is 9.36 Å². The highest BCUT2D eigenvalue weighted by Gasteiger charge is 2.30. The standard InChI is InChI=1S/C23H28N5O2P/c1-13-24-21-18(12-20(27-22(21)25-13)28-23(29)15-7-8-15)26-17-10-9-16(14-5-4-6-14)11-19(17)31(2,3)30/h9-12,14-15H,4-8H2,1-3H3,(H3,24,25,26,27,28,29). The third-order valence-corrected chi connectivity index (χ3v) is 7.75. The van der Waals surface area contributed by atoms with Gasteiger partial charge in [-0.15, -0.1) is 0 Å². The molecule has 2 aromatic heterocycles. The van der Waals surface area contributed by atoms with Crippen LogP contribution in [0, 0.1) is 12.8 Å². The Kier molecular flexibility index (Phi) is 4.89. The lowest BCUT2D eigenvalue weighted by Crippen LogP contribution is -2.16. The summed E-state index contributed by atoms with van der Waals surface area (Å²) in [5.74, 6) is 1.90. The van der Waals surface area contributed by atoms with Gasteiger partial charge >= 0.3 is 0 Å². The third-order valence-electron chi connectivity index (χ3n) is 6.22. The highest BCUT2D eigenvalue weighted by atomic mass is 31.2. The number of aryl methyl sites for hydroxylation is 1. The smallest absolute Gasteiger partial charge is 0.228 e. The lowest BCUT2D eigenvalue weighted by atomic mass is 9.80. The van der Waals surface area contributed by atoms with E-state index in [0.717, 1.165) is 35.3 Å². The summed E-state index contributed by atoms with van der Waals surface area (Å²) in [6.07, 6.45) is 5.53. The molecule has 0 radical (unpaired) electrons. The molecule has 0 spiro atoms. The molecule has 2 fully saturated rings. The molecule has 7 nitrogen and oxygen atoms in total. The predicted octanol–water partition coefficient (Wildman–Crippen LogP) is 4.87. The van der Waals surface area contributed by atoms with Crippen LogP contribution in [0.15, 0.2) is 24.3 Å². The van der Waals surface area contributed by atoms with Gasteiger partial charge in [-0.25, -0.2) is 9.97 Å². The summed E-state index contributed by atoms with van der Waals surface area (Å²) in [5.41, 5.74) is 4.11. The number of H-pyrrole nitrogens is 1. The Labute approximate surface area is 181 Å². The minimum atomic E-state index is -2.52. The predicted molar refractivity (Wildman–Crippen MR) is 125 cm³/mol. The van der Waals surface area contributed by atoms with E-state index < -0.39 is 7.14 Å². The van der Waals surface area contributed by atoms with Crippen LogP contribution in [0.3, 0.4) is 0 Å². The molecule has 2 heterocycles. The highest BCUT2D eigenvalue weighted by Crippen LogP contribution is 2.43. The number of carbonyl (C=O) groups excluding carboxylic acids is 1. The molecule has 162 valence electrons. The van der Waals surface area contributed by atoms with E-state index in [0.29, 0.717) is 22.9 Å². The second-order valence-corrected chi connectivity index (χ2v) is 12.4. The van der Waals surface area contributed by atoms with Crippen LogP contribution in [0.5, 0.6) is 0 Å². The van der Waals surface area contributed by atoms with Gasteiger partial charge in [0.1, 0.15) is 24.3 Å². The van der Waals surface area contributed by atoms with Crippen LogP contribution in [0.2, 0.25) is 0 Å². The number of aromatic nitrogens is 3. The Morgan fingerprint density at radius 2 is 1.87 bits per heavy atom. The Morgan fingerprint density at radius 1 is 1.10 bits per heavy atom. The van der Waals surface area contributed by atoms with Crippen molar-refractivity contribution < 1.29 is 9.36 Å².